The number of nitrogens with zero attached hydrogens (tertiary/aromatic N) is 2. The van der Waals surface area contributed by atoms with Crippen molar-refractivity contribution in [3.63, 3.8) is 0 Å². The third-order valence-electron chi connectivity index (χ3n) is 3.63. The molecule has 1 N–H and O–H groups in total. The third-order valence-corrected chi connectivity index (χ3v) is 3.63. The van der Waals surface area contributed by atoms with Gasteiger partial charge in [-0.25, -0.2) is 4.98 Å². The molecule has 0 fully saturated rings. The maximum atomic E-state index is 9.22. The second-order valence-corrected chi connectivity index (χ2v) is 4.95. The molecule has 0 amide bonds. The van der Waals surface area contributed by atoms with Gasteiger partial charge in [-0.2, -0.15) is 0 Å². The van der Waals surface area contributed by atoms with Crippen molar-refractivity contribution in [2.24, 2.45) is 0 Å². The summed E-state index contributed by atoms with van der Waals surface area (Å²) in [5, 5.41) is 9.22. The van der Waals surface area contributed by atoms with Crippen LogP contribution in [0.5, 0.6) is 5.75 Å². The molecule has 0 bridgehead atoms. The highest BCUT2D eigenvalue weighted by Crippen LogP contribution is 2.25. The highest BCUT2D eigenvalue weighted by atomic mass is 16.5. The molecule has 0 saturated carbocycles. The van der Waals surface area contributed by atoms with Crippen LogP contribution in [-0.2, 0) is 13.2 Å². The topological polar surface area (TPSA) is 45.6 Å². The number of aliphatic hydroxyl groups is 1. The second kappa shape index (κ2) is 5.51. The van der Waals surface area contributed by atoms with Crippen molar-refractivity contribution in [1.29, 1.82) is 0 Å². The minimum atomic E-state index is 0.0328. The van der Waals surface area contributed by atoms with Crippen molar-refractivity contribution < 1.29 is 9.84 Å². The van der Waals surface area contributed by atoms with E-state index in [0.717, 1.165) is 35.9 Å². The number of ether oxygens (including phenoxy) is 1. The molecule has 2 aromatic rings. The summed E-state index contributed by atoms with van der Waals surface area (Å²) in [5.41, 5.74) is 2.93. The summed E-state index contributed by atoms with van der Waals surface area (Å²) in [5.74, 6) is 1.89. The van der Waals surface area contributed by atoms with Crippen LogP contribution < -0.4 is 9.64 Å². The summed E-state index contributed by atoms with van der Waals surface area (Å²) in [6.07, 6.45) is 0. The molecule has 4 heteroatoms. The van der Waals surface area contributed by atoms with Crippen LogP contribution in [0.3, 0.4) is 0 Å². The van der Waals surface area contributed by atoms with Gasteiger partial charge in [-0.1, -0.05) is 24.3 Å². The van der Waals surface area contributed by atoms with E-state index in [1.165, 1.54) is 5.56 Å². The molecule has 3 rings (SSSR count). The third kappa shape index (κ3) is 2.47. The predicted octanol–water partition coefficient (Wildman–Crippen LogP) is 2.28. The minimum Gasteiger partial charge on any atom is -0.491 e. The maximum absolute atomic E-state index is 9.22. The zero-order valence-electron chi connectivity index (χ0n) is 11.5. The molecule has 0 radical (unpaired) electrons. The van der Waals surface area contributed by atoms with Gasteiger partial charge in [0.05, 0.1) is 13.2 Å². The van der Waals surface area contributed by atoms with Crippen LogP contribution in [0.1, 0.15) is 16.8 Å². The van der Waals surface area contributed by atoms with Gasteiger partial charge in [0.1, 0.15) is 18.2 Å². The molecule has 20 heavy (non-hydrogen) atoms. The van der Waals surface area contributed by atoms with Crippen molar-refractivity contribution in [3.8, 4) is 5.75 Å². The van der Waals surface area contributed by atoms with E-state index < -0.39 is 0 Å². The van der Waals surface area contributed by atoms with Crippen molar-refractivity contribution in [3.05, 3.63) is 53.2 Å². The lowest BCUT2D eigenvalue weighted by molar-refractivity contribution is 0.280. The van der Waals surface area contributed by atoms with Gasteiger partial charge in [0, 0.05) is 17.8 Å². The maximum Gasteiger partial charge on any atom is 0.129 e. The Hall–Kier alpha value is -2.07. The monoisotopic (exact) mass is 270 g/mol. The predicted molar refractivity (Wildman–Crippen MR) is 77.9 cm³/mol. The normalized spacial score (nSPS) is 14.4. The van der Waals surface area contributed by atoms with E-state index in [0.29, 0.717) is 6.61 Å². The molecule has 1 aliphatic heterocycles. The van der Waals surface area contributed by atoms with Crippen LogP contribution in [-0.4, -0.2) is 23.2 Å². The number of hydrogen-bond donors (Lipinski definition) is 1. The summed E-state index contributed by atoms with van der Waals surface area (Å²) in [6, 6.07) is 12.0. The van der Waals surface area contributed by atoms with Gasteiger partial charge >= 0.3 is 0 Å². The van der Waals surface area contributed by atoms with Gasteiger partial charge in [-0.05, 0) is 24.6 Å². The Kier molecular flexibility index (Phi) is 3.56. The van der Waals surface area contributed by atoms with Crippen LogP contribution in [0.25, 0.3) is 0 Å². The molecule has 1 aliphatic rings. The lowest BCUT2D eigenvalue weighted by Gasteiger charge is -2.21. The Morgan fingerprint density at radius 1 is 1.25 bits per heavy atom. The average molecular weight is 270 g/mol. The average Bonchev–Trinajstić information content (AvgIpc) is 2.69. The lowest BCUT2D eigenvalue weighted by atomic mass is 10.2. The highest BCUT2D eigenvalue weighted by Gasteiger charge is 2.16. The molecule has 104 valence electrons. The summed E-state index contributed by atoms with van der Waals surface area (Å²) in [7, 11) is 0. The van der Waals surface area contributed by atoms with Crippen LogP contribution in [0, 0.1) is 6.92 Å². The molecule has 4 nitrogen and oxygen atoms in total. The van der Waals surface area contributed by atoms with Crippen LogP contribution >= 0.6 is 0 Å². The number of fused-ring (bicyclic) bond motifs is 1. The Morgan fingerprint density at radius 3 is 2.90 bits per heavy atom. The molecule has 1 aromatic heterocycles. The lowest BCUT2D eigenvalue weighted by Crippen LogP contribution is -2.26. The molecule has 0 saturated heterocycles. The Balaban J connectivity index is 1.89. The van der Waals surface area contributed by atoms with Gasteiger partial charge in [-0.3, -0.25) is 0 Å². The van der Waals surface area contributed by atoms with Crippen LogP contribution in [0.2, 0.25) is 0 Å². The van der Waals surface area contributed by atoms with E-state index in [9.17, 15) is 5.11 Å². The Bertz CT molecular complexity index is 613. The van der Waals surface area contributed by atoms with Crippen molar-refractivity contribution >= 4 is 5.82 Å². The van der Waals surface area contributed by atoms with Gasteiger partial charge < -0.3 is 14.7 Å². The quantitative estimate of drug-likeness (QED) is 0.909. The number of aromatic nitrogens is 1. The zero-order valence-corrected chi connectivity index (χ0v) is 11.5. The van der Waals surface area contributed by atoms with Gasteiger partial charge in [0.15, 0.2) is 0 Å². The number of aryl methyl sites for hydroxylation is 1. The van der Waals surface area contributed by atoms with Crippen LogP contribution in [0.4, 0.5) is 5.82 Å². The first-order valence-corrected chi connectivity index (χ1v) is 6.81. The van der Waals surface area contributed by atoms with Gasteiger partial charge in [0.2, 0.25) is 0 Å². The van der Waals surface area contributed by atoms with Gasteiger partial charge in [-0.15, -0.1) is 0 Å². The zero-order chi connectivity index (χ0) is 13.9. The van der Waals surface area contributed by atoms with E-state index in [1.807, 2.05) is 37.3 Å². The number of pyridine rings is 1. The fourth-order valence-electron chi connectivity index (χ4n) is 2.44. The van der Waals surface area contributed by atoms with Crippen molar-refractivity contribution in [2.45, 2.75) is 20.1 Å². The van der Waals surface area contributed by atoms with E-state index in [-0.39, 0.29) is 6.61 Å². The molecule has 0 atom stereocenters. The first-order valence-electron chi connectivity index (χ1n) is 6.81. The summed E-state index contributed by atoms with van der Waals surface area (Å²) >= 11 is 0. The molecule has 0 spiro atoms. The number of rotatable bonds is 2. The number of para-hydroxylation sites is 1. The summed E-state index contributed by atoms with van der Waals surface area (Å²) in [6.45, 7) is 4.21. The number of hydrogen-bond acceptors (Lipinski definition) is 4. The SMILES string of the molecule is Cc1nc(N2CCOc3ccccc3C2)ccc1CO. The first-order chi connectivity index (χ1) is 9.78. The molecule has 1 aromatic carbocycles. The summed E-state index contributed by atoms with van der Waals surface area (Å²) in [4.78, 5) is 6.80. The van der Waals surface area contributed by atoms with Crippen molar-refractivity contribution in [1.82, 2.24) is 4.98 Å². The van der Waals surface area contributed by atoms with E-state index in [2.05, 4.69) is 16.0 Å². The first kappa shape index (κ1) is 12.9. The smallest absolute Gasteiger partial charge is 0.129 e. The molecular weight excluding hydrogens is 252 g/mol. The Labute approximate surface area is 118 Å². The van der Waals surface area contributed by atoms with E-state index >= 15 is 0 Å². The number of aliphatic hydroxyl groups excluding tert-OH is 1. The molecule has 0 unspecified atom stereocenters. The Morgan fingerprint density at radius 2 is 2.10 bits per heavy atom. The number of anilines is 1. The fraction of sp³-hybridized carbons (Fsp3) is 0.312. The standard InChI is InChI=1S/C16H18N2O2/c1-12-14(11-19)6-7-16(17-12)18-8-9-20-15-5-3-2-4-13(15)10-18/h2-7,19H,8-11H2,1H3. The van der Waals surface area contributed by atoms with Gasteiger partial charge in [0.25, 0.3) is 0 Å². The van der Waals surface area contributed by atoms with Crippen molar-refractivity contribution in [2.75, 3.05) is 18.1 Å². The molecular formula is C16H18N2O2. The summed E-state index contributed by atoms with van der Waals surface area (Å²) < 4.78 is 5.77. The number of benzene rings is 1. The van der Waals surface area contributed by atoms with E-state index in [1.54, 1.807) is 0 Å². The highest BCUT2D eigenvalue weighted by molar-refractivity contribution is 5.45. The minimum absolute atomic E-state index is 0.0328. The van der Waals surface area contributed by atoms with E-state index in [4.69, 9.17) is 4.74 Å². The van der Waals surface area contributed by atoms with Crippen LogP contribution in [0.15, 0.2) is 36.4 Å². The second-order valence-electron chi connectivity index (χ2n) is 4.95. The largest absolute Gasteiger partial charge is 0.491 e. The molecule has 2 heterocycles. The fourth-order valence-corrected chi connectivity index (χ4v) is 2.44. The molecule has 0 aliphatic carbocycles.